The molecule has 1 saturated carbocycles. The highest BCUT2D eigenvalue weighted by atomic mass is 16.5. The quantitative estimate of drug-likeness (QED) is 0.0296. The van der Waals surface area contributed by atoms with E-state index in [0.717, 1.165) is 57.0 Å². The highest BCUT2D eigenvalue weighted by molar-refractivity contribution is 6.09. The first-order chi connectivity index (χ1) is 33.1. The standard InChI is InChI=1S/C55H56N6O7/c1-4-5-7-12-50(62)60-49(32-38-14-17-40(18-15-38)52(63)39-10-8-6-9-11-39)55(66)57-26-28-68-30-29-67-27-25-56-53(64)42-20-23-46(37(3)31-42)51-47-24-19-41(33-44(47)35-58-61-51)48-34-43(16-13-36(48)2)54(65)59-45-21-22-45/h1,6,8-11,13-20,23-24,31,33-35,45,49H,5,7,12,21-22,25-30,32H2,2-3H3,(H,56,64)(H,57,66)(H,59,65)(H,60,62)/t49-/m1/s1. The van der Waals surface area contributed by atoms with Crippen LogP contribution in [0.15, 0.2) is 115 Å². The van der Waals surface area contributed by atoms with Crippen LogP contribution in [0, 0.1) is 26.2 Å². The zero-order chi connectivity index (χ0) is 47.8. The van der Waals surface area contributed by atoms with Crippen molar-refractivity contribution in [1.82, 2.24) is 31.5 Å². The molecule has 4 amide bonds. The number of hydrogen-bond donors (Lipinski definition) is 4. The molecule has 1 aliphatic rings. The maximum absolute atomic E-state index is 13.2. The van der Waals surface area contributed by atoms with Crippen LogP contribution in [0.2, 0.25) is 0 Å². The lowest BCUT2D eigenvalue weighted by atomic mass is 9.94. The Balaban J connectivity index is 0.828. The van der Waals surface area contributed by atoms with Crippen molar-refractivity contribution in [3.05, 3.63) is 154 Å². The van der Waals surface area contributed by atoms with Crippen molar-refractivity contribution in [2.24, 2.45) is 0 Å². The fraction of sp³-hybridized carbons (Fsp3) is 0.291. The Morgan fingerprint density at radius 3 is 2.13 bits per heavy atom. The summed E-state index contributed by atoms with van der Waals surface area (Å²) in [4.78, 5) is 64.6. The molecule has 0 radical (unpaired) electrons. The number of amides is 4. The largest absolute Gasteiger partial charge is 0.377 e. The molecule has 1 aliphatic carbocycles. The molecule has 6 aromatic rings. The molecule has 1 atom stereocenters. The van der Waals surface area contributed by atoms with Crippen molar-refractivity contribution in [2.45, 2.75) is 64.5 Å². The predicted molar refractivity (Wildman–Crippen MR) is 262 cm³/mol. The van der Waals surface area contributed by atoms with Crippen LogP contribution in [-0.2, 0) is 25.5 Å². The van der Waals surface area contributed by atoms with Gasteiger partial charge in [0, 0.05) is 77.0 Å². The van der Waals surface area contributed by atoms with E-state index in [4.69, 9.17) is 15.9 Å². The average Bonchev–Trinajstić information content (AvgIpc) is 4.18. The molecule has 13 heteroatoms. The number of ketones is 1. The number of unbranched alkanes of at least 4 members (excludes halogenated alkanes) is 1. The van der Waals surface area contributed by atoms with Gasteiger partial charge in [-0.25, -0.2) is 0 Å². The van der Waals surface area contributed by atoms with Crippen LogP contribution in [0.5, 0.6) is 0 Å². The summed E-state index contributed by atoms with van der Waals surface area (Å²) in [7, 11) is 0. The van der Waals surface area contributed by atoms with E-state index in [2.05, 4.69) is 43.5 Å². The molecule has 0 saturated heterocycles. The number of aryl methyl sites for hydroxylation is 2. The zero-order valence-electron chi connectivity index (χ0n) is 38.4. The summed E-state index contributed by atoms with van der Waals surface area (Å²) in [5, 5.41) is 22.3. The van der Waals surface area contributed by atoms with Gasteiger partial charge in [-0.05, 0) is 91.3 Å². The minimum Gasteiger partial charge on any atom is -0.377 e. The van der Waals surface area contributed by atoms with Crippen LogP contribution in [-0.4, -0.2) is 91.2 Å². The predicted octanol–water partition coefficient (Wildman–Crippen LogP) is 7.11. The number of carbonyl (C=O) groups excluding carboxylic acids is 5. The van der Waals surface area contributed by atoms with Crippen LogP contribution in [0.4, 0.5) is 0 Å². The van der Waals surface area contributed by atoms with E-state index in [9.17, 15) is 24.0 Å². The Hall–Kier alpha value is -7.53. The van der Waals surface area contributed by atoms with E-state index in [1.165, 1.54) is 0 Å². The van der Waals surface area contributed by atoms with Crippen molar-refractivity contribution in [2.75, 3.05) is 39.5 Å². The van der Waals surface area contributed by atoms with Crippen LogP contribution in [0.25, 0.3) is 33.2 Å². The van der Waals surface area contributed by atoms with E-state index >= 15 is 0 Å². The second-order valence-corrected chi connectivity index (χ2v) is 16.8. The van der Waals surface area contributed by atoms with Gasteiger partial charge < -0.3 is 30.7 Å². The van der Waals surface area contributed by atoms with Crippen molar-refractivity contribution < 1.29 is 33.4 Å². The molecular weight excluding hydrogens is 857 g/mol. The van der Waals surface area contributed by atoms with Gasteiger partial charge >= 0.3 is 0 Å². The molecule has 0 bridgehead atoms. The first-order valence-electron chi connectivity index (χ1n) is 23.0. The van der Waals surface area contributed by atoms with Gasteiger partial charge in [0.2, 0.25) is 11.8 Å². The monoisotopic (exact) mass is 912 g/mol. The van der Waals surface area contributed by atoms with Crippen LogP contribution >= 0.6 is 0 Å². The third-order valence-electron chi connectivity index (χ3n) is 11.6. The molecular formula is C55H56N6O7. The minimum atomic E-state index is -0.842. The van der Waals surface area contributed by atoms with Gasteiger partial charge in [0.15, 0.2) is 5.78 Å². The number of rotatable bonds is 23. The number of nitrogens with zero attached hydrogens (tertiary/aromatic N) is 2. The van der Waals surface area contributed by atoms with Crippen LogP contribution in [0.1, 0.15) is 85.4 Å². The smallest absolute Gasteiger partial charge is 0.251 e. The summed E-state index contributed by atoms with van der Waals surface area (Å²) < 4.78 is 11.3. The number of fused-ring (bicyclic) bond motifs is 1. The van der Waals surface area contributed by atoms with E-state index < -0.39 is 6.04 Å². The molecule has 7 rings (SSSR count). The van der Waals surface area contributed by atoms with E-state index in [1.54, 1.807) is 48.7 Å². The third-order valence-corrected chi connectivity index (χ3v) is 11.6. The fourth-order valence-corrected chi connectivity index (χ4v) is 7.74. The average molecular weight is 913 g/mol. The Morgan fingerprint density at radius 1 is 0.721 bits per heavy atom. The SMILES string of the molecule is C#CCCCC(=O)N[C@H](Cc1ccc(C(=O)c2ccccc2)cc1)C(=O)NCCOCCOCCNC(=O)c1ccc(-c2nncc3cc(-c4cc(C(=O)NC5CC5)ccc4C)ccc23)c(C)c1. The van der Waals surface area contributed by atoms with Gasteiger partial charge in [0.1, 0.15) is 11.7 Å². The first-order valence-corrected chi connectivity index (χ1v) is 23.0. The zero-order valence-corrected chi connectivity index (χ0v) is 38.4. The highest BCUT2D eigenvalue weighted by Gasteiger charge is 2.25. The number of aromatic nitrogens is 2. The Bertz CT molecular complexity index is 2800. The summed E-state index contributed by atoms with van der Waals surface area (Å²) in [6, 6.07) is 32.9. The summed E-state index contributed by atoms with van der Waals surface area (Å²) in [5.41, 5.74) is 8.52. The molecule has 1 aromatic heterocycles. The van der Waals surface area contributed by atoms with Crippen molar-refractivity contribution in [1.29, 1.82) is 0 Å². The minimum absolute atomic E-state index is 0.0521. The van der Waals surface area contributed by atoms with Gasteiger partial charge in [-0.3, -0.25) is 24.0 Å². The second kappa shape index (κ2) is 23.8. The maximum Gasteiger partial charge on any atom is 0.251 e. The van der Waals surface area contributed by atoms with Gasteiger partial charge in [0.25, 0.3) is 11.8 Å². The molecule has 13 nitrogen and oxygen atoms in total. The number of benzene rings is 5. The second-order valence-electron chi connectivity index (χ2n) is 16.8. The van der Waals surface area contributed by atoms with E-state index in [-0.39, 0.29) is 81.3 Å². The number of ether oxygens (including phenoxy) is 2. The number of terminal acetylenes is 1. The molecule has 1 fully saturated rings. The molecule has 1 heterocycles. The van der Waals surface area contributed by atoms with Gasteiger partial charge in [-0.1, -0.05) is 78.9 Å². The maximum atomic E-state index is 13.2. The highest BCUT2D eigenvalue weighted by Crippen LogP contribution is 2.33. The van der Waals surface area contributed by atoms with E-state index in [0.29, 0.717) is 47.3 Å². The molecule has 4 N–H and O–H groups in total. The van der Waals surface area contributed by atoms with Gasteiger partial charge in [-0.2, -0.15) is 5.10 Å². The summed E-state index contributed by atoms with van der Waals surface area (Å²) in [6.45, 7) is 5.54. The molecule has 68 heavy (non-hydrogen) atoms. The molecule has 0 aliphatic heterocycles. The number of hydrogen-bond acceptors (Lipinski definition) is 9. The lowest BCUT2D eigenvalue weighted by Crippen LogP contribution is -2.48. The molecule has 0 spiro atoms. The Kier molecular flexibility index (Phi) is 16.9. The molecule has 348 valence electrons. The van der Waals surface area contributed by atoms with Crippen LogP contribution < -0.4 is 21.3 Å². The van der Waals surface area contributed by atoms with Crippen LogP contribution in [0.3, 0.4) is 0 Å². The Labute approximate surface area is 396 Å². The molecule has 0 unspecified atom stereocenters. The Morgan fingerprint density at radius 2 is 1.41 bits per heavy atom. The fourth-order valence-electron chi connectivity index (χ4n) is 7.74. The van der Waals surface area contributed by atoms with Gasteiger partial charge in [-0.15, -0.1) is 17.4 Å². The summed E-state index contributed by atoms with van der Waals surface area (Å²) in [5.74, 6) is 1.50. The van der Waals surface area contributed by atoms with E-state index in [1.807, 2.05) is 74.5 Å². The van der Waals surface area contributed by atoms with Crippen molar-refractivity contribution in [3.8, 4) is 34.7 Å². The number of carbonyl (C=O) groups is 5. The summed E-state index contributed by atoms with van der Waals surface area (Å²) in [6.07, 6.45) is 10.5. The normalized spacial score (nSPS) is 12.4. The van der Waals surface area contributed by atoms with Crippen molar-refractivity contribution in [3.63, 3.8) is 0 Å². The third kappa shape index (κ3) is 13.3. The lowest BCUT2D eigenvalue weighted by molar-refractivity contribution is -0.129. The molecule has 5 aromatic carbocycles. The summed E-state index contributed by atoms with van der Waals surface area (Å²) >= 11 is 0. The lowest BCUT2D eigenvalue weighted by Gasteiger charge is -2.19. The number of nitrogens with one attached hydrogen (secondary N) is 4. The first kappa shape index (κ1) is 48.4. The van der Waals surface area contributed by atoms with Gasteiger partial charge in [0.05, 0.1) is 32.6 Å². The topological polar surface area (TPSA) is 178 Å². The van der Waals surface area contributed by atoms with Crippen molar-refractivity contribution >= 4 is 40.2 Å².